The predicted molar refractivity (Wildman–Crippen MR) is 60.7 cm³/mol. The second-order valence-electron chi connectivity index (χ2n) is 3.92. The van der Waals surface area contributed by atoms with Crippen molar-refractivity contribution < 1.29 is 8.42 Å². The van der Waals surface area contributed by atoms with Crippen LogP contribution in [0.2, 0.25) is 0 Å². The molecule has 0 saturated carbocycles. The molecule has 0 fully saturated rings. The molecule has 3 nitrogen and oxygen atoms in total. The summed E-state index contributed by atoms with van der Waals surface area (Å²) >= 11 is 0. The highest BCUT2D eigenvalue weighted by Crippen LogP contribution is 2.21. The van der Waals surface area contributed by atoms with Crippen LogP contribution in [-0.2, 0) is 9.84 Å². The Morgan fingerprint density at radius 3 is 2.60 bits per heavy atom. The van der Waals surface area contributed by atoms with Gasteiger partial charge >= 0.3 is 0 Å². The summed E-state index contributed by atoms with van der Waals surface area (Å²) < 4.78 is 22.7. The van der Waals surface area contributed by atoms with Crippen LogP contribution in [0, 0.1) is 0 Å². The van der Waals surface area contributed by atoms with E-state index in [9.17, 15) is 8.42 Å². The molecule has 1 heterocycles. The van der Waals surface area contributed by atoms with Crippen LogP contribution in [0.5, 0.6) is 0 Å². The predicted octanol–water partition coefficient (Wildman–Crippen LogP) is 2.39. The number of aromatic nitrogens is 1. The van der Waals surface area contributed by atoms with Crippen molar-refractivity contribution in [2.24, 2.45) is 0 Å². The molecule has 15 heavy (non-hydrogen) atoms. The first-order valence-corrected chi connectivity index (χ1v) is 6.99. The Labute approximate surface area is 91.5 Å². The van der Waals surface area contributed by atoms with Gasteiger partial charge in [-0.1, -0.05) is 20.3 Å². The van der Waals surface area contributed by atoms with Crippen LogP contribution >= 0.6 is 0 Å². The van der Waals surface area contributed by atoms with E-state index in [2.05, 4.69) is 18.8 Å². The molecule has 0 bridgehead atoms. The third-order valence-electron chi connectivity index (χ3n) is 2.45. The molecule has 0 amide bonds. The molecule has 0 saturated heterocycles. The quantitative estimate of drug-likeness (QED) is 0.793. The molecule has 1 unspecified atom stereocenters. The molecule has 0 radical (unpaired) electrons. The van der Waals surface area contributed by atoms with Gasteiger partial charge in [-0.25, -0.2) is 8.42 Å². The van der Waals surface area contributed by atoms with Crippen molar-refractivity contribution in [3.05, 3.63) is 24.0 Å². The molecule has 0 N–H and O–H groups in total. The van der Waals surface area contributed by atoms with Gasteiger partial charge in [0.15, 0.2) is 9.84 Å². The van der Waals surface area contributed by atoms with Gasteiger partial charge in [0, 0.05) is 18.6 Å². The molecule has 0 aliphatic rings. The highest BCUT2D eigenvalue weighted by molar-refractivity contribution is 7.90. The average molecular weight is 227 g/mol. The van der Waals surface area contributed by atoms with Gasteiger partial charge in [-0.3, -0.25) is 4.98 Å². The molecule has 0 aromatic carbocycles. The Morgan fingerprint density at radius 1 is 1.40 bits per heavy atom. The van der Waals surface area contributed by atoms with E-state index in [0.29, 0.717) is 10.8 Å². The van der Waals surface area contributed by atoms with E-state index in [-0.39, 0.29) is 0 Å². The number of pyridine rings is 1. The lowest BCUT2D eigenvalue weighted by atomic mass is 9.98. The van der Waals surface area contributed by atoms with Gasteiger partial charge in [-0.2, -0.15) is 0 Å². The van der Waals surface area contributed by atoms with Crippen molar-refractivity contribution in [2.75, 3.05) is 6.26 Å². The smallest absolute Gasteiger partial charge is 0.177 e. The fourth-order valence-corrected chi connectivity index (χ4v) is 2.11. The summed E-state index contributed by atoms with van der Waals surface area (Å²) in [6.07, 6.45) is 6.49. The minimum Gasteiger partial charge on any atom is -0.263 e. The Kier molecular flexibility index (Phi) is 3.85. The zero-order valence-corrected chi connectivity index (χ0v) is 10.2. The molecule has 1 atom stereocenters. The molecule has 84 valence electrons. The monoisotopic (exact) mass is 227 g/mol. The summed E-state index contributed by atoms with van der Waals surface area (Å²) in [4.78, 5) is 4.28. The van der Waals surface area contributed by atoms with Crippen LogP contribution < -0.4 is 0 Å². The van der Waals surface area contributed by atoms with Gasteiger partial charge in [0.05, 0.1) is 4.90 Å². The number of hydrogen-bond donors (Lipinski definition) is 0. The van der Waals surface area contributed by atoms with Crippen molar-refractivity contribution in [1.82, 2.24) is 4.98 Å². The Morgan fingerprint density at radius 2 is 2.07 bits per heavy atom. The molecular formula is C11H17NO2S. The summed E-state index contributed by atoms with van der Waals surface area (Å²) in [5.41, 5.74) is 1.000. The number of sulfone groups is 1. The van der Waals surface area contributed by atoms with Crippen molar-refractivity contribution in [3.63, 3.8) is 0 Å². The molecule has 0 spiro atoms. The molecule has 1 rings (SSSR count). The summed E-state index contributed by atoms with van der Waals surface area (Å²) in [5, 5.41) is 0. The summed E-state index contributed by atoms with van der Waals surface area (Å²) in [6, 6.07) is 1.72. The van der Waals surface area contributed by atoms with Crippen LogP contribution in [0.3, 0.4) is 0 Å². The molecule has 0 aliphatic heterocycles. The Bertz CT molecular complexity index is 426. The second kappa shape index (κ2) is 4.75. The van der Waals surface area contributed by atoms with Crippen LogP contribution in [0.1, 0.15) is 38.2 Å². The van der Waals surface area contributed by atoms with Crippen molar-refractivity contribution in [1.29, 1.82) is 0 Å². The fourth-order valence-electron chi connectivity index (χ4n) is 1.51. The van der Waals surface area contributed by atoms with Gasteiger partial charge in [-0.15, -0.1) is 0 Å². The van der Waals surface area contributed by atoms with Gasteiger partial charge < -0.3 is 0 Å². The highest BCUT2D eigenvalue weighted by atomic mass is 32.2. The van der Waals surface area contributed by atoms with Gasteiger partial charge in [0.25, 0.3) is 0 Å². The summed E-state index contributed by atoms with van der Waals surface area (Å²) in [5.74, 6) is 0.365. The SMILES string of the molecule is CCCC(C)c1cncc(S(C)(=O)=O)c1. The van der Waals surface area contributed by atoms with E-state index in [4.69, 9.17) is 0 Å². The van der Waals surface area contributed by atoms with E-state index in [1.807, 2.05) is 0 Å². The number of nitrogens with zero attached hydrogens (tertiary/aromatic N) is 1. The van der Waals surface area contributed by atoms with Crippen LogP contribution in [0.15, 0.2) is 23.4 Å². The zero-order chi connectivity index (χ0) is 11.5. The normalized spacial score (nSPS) is 13.8. The Hall–Kier alpha value is -0.900. The summed E-state index contributed by atoms with van der Waals surface area (Å²) in [6.45, 7) is 4.21. The van der Waals surface area contributed by atoms with Gasteiger partial charge in [-0.05, 0) is 24.0 Å². The molecule has 4 heteroatoms. The van der Waals surface area contributed by atoms with E-state index in [0.717, 1.165) is 18.4 Å². The highest BCUT2D eigenvalue weighted by Gasteiger charge is 2.11. The molecule has 0 aliphatic carbocycles. The van der Waals surface area contributed by atoms with E-state index in [1.54, 1.807) is 12.3 Å². The lowest BCUT2D eigenvalue weighted by Gasteiger charge is -2.10. The molecule has 1 aromatic heterocycles. The van der Waals surface area contributed by atoms with Crippen molar-refractivity contribution in [3.8, 4) is 0 Å². The van der Waals surface area contributed by atoms with Crippen LogP contribution in [-0.4, -0.2) is 19.7 Å². The topological polar surface area (TPSA) is 47.0 Å². The first-order valence-electron chi connectivity index (χ1n) is 5.10. The van der Waals surface area contributed by atoms with Crippen LogP contribution in [0.4, 0.5) is 0 Å². The molecular weight excluding hydrogens is 210 g/mol. The van der Waals surface area contributed by atoms with E-state index < -0.39 is 9.84 Å². The number of hydrogen-bond acceptors (Lipinski definition) is 3. The van der Waals surface area contributed by atoms with E-state index >= 15 is 0 Å². The molecule has 1 aromatic rings. The third kappa shape index (κ3) is 3.30. The van der Waals surface area contributed by atoms with Crippen LogP contribution in [0.25, 0.3) is 0 Å². The van der Waals surface area contributed by atoms with Crippen molar-refractivity contribution >= 4 is 9.84 Å². The number of rotatable bonds is 4. The minimum atomic E-state index is -3.14. The first-order chi connectivity index (χ1) is 6.95. The second-order valence-corrected chi connectivity index (χ2v) is 5.93. The largest absolute Gasteiger partial charge is 0.263 e. The maximum Gasteiger partial charge on any atom is 0.177 e. The standard InChI is InChI=1S/C11H17NO2S/c1-4-5-9(2)10-6-11(8-12-7-10)15(3,13)14/h6-9H,4-5H2,1-3H3. The fraction of sp³-hybridized carbons (Fsp3) is 0.545. The summed E-state index contributed by atoms with van der Waals surface area (Å²) in [7, 11) is -3.14. The zero-order valence-electron chi connectivity index (χ0n) is 9.40. The lowest BCUT2D eigenvalue weighted by Crippen LogP contribution is -2.01. The first kappa shape index (κ1) is 12.2. The maximum absolute atomic E-state index is 11.3. The van der Waals surface area contributed by atoms with Crippen molar-refractivity contribution in [2.45, 2.75) is 37.5 Å². The lowest BCUT2D eigenvalue weighted by molar-refractivity contribution is 0.600. The minimum absolute atomic E-state index is 0.308. The average Bonchev–Trinajstić information content (AvgIpc) is 2.17. The van der Waals surface area contributed by atoms with Gasteiger partial charge in [0.1, 0.15) is 0 Å². The van der Waals surface area contributed by atoms with Gasteiger partial charge in [0.2, 0.25) is 0 Å². The van der Waals surface area contributed by atoms with E-state index in [1.165, 1.54) is 12.5 Å². The Balaban J connectivity index is 3.03. The third-order valence-corrected chi connectivity index (χ3v) is 3.53. The maximum atomic E-state index is 11.3.